The molecule has 0 saturated heterocycles. The van der Waals surface area contributed by atoms with E-state index >= 15 is 0 Å². The normalized spacial score (nSPS) is 13.3. The molecule has 1 aliphatic rings. The van der Waals surface area contributed by atoms with Crippen LogP contribution in [0.1, 0.15) is 32.0 Å². The highest BCUT2D eigenvalue weighted by Crippen LogP contribution is 2.22. The highest BCUT2D eigenvalue weighted by molar-refractivity contribution is 6.22. The van der Waals surface area contributed by atoms with Gasteiger partial charge in [0.2, 0.25) is 0 Å². The molecule has 130 valence electrons. The summed E-state index contributed by atoms with van der Waals surface area (Å²) >= 11 is 0. The lowest BCUT2D eigenvalue weighted by atomic mass is 10.1. The van der Waals surface area contributed by atoms with E-state index in [-0.39, 0.29) is 6.61 Å². The Morgan fingerprint density at radius 2 is 1.77 bits per heavy atom. The SMILES string of the molecule is Cc1cccn2cc(COC(=O)CN3C(=O)c4ccccc4C3=O)nc12. The van der Waals surface area contributed by atoms with Crippen LogP contribution in [0.4, 0.5) is 0 Å². The number of carbonyl (C=O) groups excluding carboxylic acids is 3. The molecule has 0 atom stereocenters. The molecular formula is C19H15N3O4. The van der Waals surface area contributed by atoms with Crippen molar-refractivity contribution in [3.05, 3.63) is 71.2 Å². The van der Waals surface area contributed by atoms with Crippen molar-refractivity contribution in [2.24, 2.45) is 0 Å². The summed E-state index contributed by atoms with van der Waals surface area (Å²) < 4.78 is 7.04. The summed E-state index contributed by atoms with van der Waals surface area (Å²) in [6.07, 6.45) is 3.64. The number of fused-ring (bicyclic) bond motifs is 2. The second-order valence-corrected chi connectivity index (χ2v) is 6.06. The average Bonchev–Trinajstić information content (AvgIpc) is 3.16. The van der Waals surface area contributed by atoms with E-state index in [0.717, 1.165) is 16.1 Å². The number of aromatic nitrogens is 2. The van der Waals surface area contributed by atoms with Crippen LogP contribution >= 0.6 is 0 Å². The van der Waals surface area contributed by atoms with E-state index in [4.69, 9.17) is 4.74 Å². The number of benzene rings is 1. The van der Waals surface area contributed by atoms with E-state index in [1.54, 1.807) is 30.5 Å². The van der Waals surface area contributed by atoms with E-state index in [1.165, 1.54) is 0 Å². The maximum Gasteiger partial charge on any atom is 0.326 e. The second kappa shape index (κ2) is 6.11. The smallest absolute Gasteiger partial charge is 0.326 e. The number of ether oxygens (including phenoxy) is 1. The highest BCUT2D eigenvalue weighted by Gasteiger charge is 2.36. The molecule has 1 aliphatic heterocycles. The minimum absolute atomic E-state index is 0.0247. The van der Waals surface area contributed by atoms with Gasteiger partial charge in [-0.15, -0.1) is 0 Å². The third-order valence-electron chi connectivity index (χ3n) is 4.27. The molecule has 0 aliphatic carbocycles. The standard InChI is InChI=1S/C19H15N3O4/c1-12-5-4-8-21-9-13(20-17(12)21)11-26-16(23)10-22-18(24)14-6-2-3-7-15(14)19(22)25/h2-9H,10-11H2,1H3. The molecule has 2 aromatic heterocycles. The first kappa shape index (κ1) is 16.0. The summed E-state index contributed by atoms with van der Waals surface area (Å²) in [6.45, 7) is 1.50. The molecule has 7 heteroatoms. The van der Waals surface area contributed by atoms with Gasteiger partial charge in [-0.2, -0.15) is 0 Å². The molecule has 3 aromatic rings. The third kappa shape index (κ3) is 2.63. The number of amides is 2. The predicted octanol–water partition coefficient (Wildman–Crippen LogP) is 1.98. The van der Waals surface area contributed by atoms with Gasteiger partial charge in [0.1, 0.15) is 18.8 Å². The predicted molar refractivity (Wildman–Crippen MR) is 91.5 cm³/mol. The maximum atomic E-state index is 12.3. The van der Waals surface area contributed by atoms with Crippen LogP contribution in [0.25, 0.3) is 5.65 Å². The van der Waals surface area contributed by atoms with Crippen molar-refractivity contribution in [2.75, 3.05) is 6.54 Å². The molecule has 1 aromatic carbocycles. The van der Waals surface area contributed by atoms with Crippen LogP contribution in [-0.4, -0.2) is 38.6 Å². The fourth-order valence-electron chi connectivity index (χ4n) is 2.99. The number of imidazole rings is 1. The van der Waals surface area contributed by atoms with Crippen LogP contribution < -0.4 is 0 Å². The minimum atomic E-state index is -0.659. The Morgan fingerprint density at radius 1 is 1.08 bits per heavy atom. The molecule has 0 radical (unpaired) electrons. The number of rotatable bonds is 4. The van der Waals surface area contributed by atoms with Gasteiger partial charge in [0.15, 0.2) is 0 Å². The number of pyridine rings is 1. The van der Waals surface area contributed by atoms with Crippen molar-refractivity contribution in [3.63, 3.8) is 0 Å². The fraction of sp³-hybridized carbons (Fsp3) is 0.158. The molecule has 2 amide bonds. The number of esters is 1. The van der Waals surface area contributed by atoms with Crippen LogP contribution in [0.15, 0.2) is 48.8 Å². The monoisotopic (exact) mass is 349 g/mol. The number of aryl methyl sites for hydroxylation is 1. The maximum absolute atomic E-state index is 12.3. The van der Waals surface area contributed by atoms with Crippen molar-refractivity contribution in [2.45, 2.75) is 13.5 Å². The Labute approximate surface area is 148 Å². The second-order valence-electron chi connectivity index (χ2n) is 6.06. The van der Waals surface area contributed by atoms with Crippen molar-refractivity contribution in [1.29, 1.82) is 0 Å². The van der Waals surface area contributed by atoms with E-state index in [9.17, 15) is 14.4 Å². The lowest BCUT2D eigenvalue weighted by Gasteiger charge is -2.12. The lowest BCUT2D eigenvalue weighted by Crippen LogP contribution is -2.35. The van der Waals surface area contributed by atoms with E-state index in [2.05, 4.69) is 4.98 Å². The zero-order chi connectivity index (χ0) is 18.3. The zero-order valence-corrected chi connectivity index (χ0v) is 14.0. The number of hydrogen-bond donors (Lipinski definition) is 0. The number of carbonyl (C=O) groups is 3. The Bertz CT molecular complexity index is 1020. The van der Waals surface area contributed by atoms with Gasteiger partial charge in [-0.25, -0.2) is 4.98 Å². The van der Waals surface area contributed by atoms with Crippen molar-refractivity contribution in [3.8, 4) is 0 Å². The van der Waals surface area contributed by atoms with Crippen LogP contribution in [0.3, 0.4) is 0 Å². The van der Waals surface area contributed by atoms with Gasteiger partial charge in [0, 0.05) is 12.4 Å². The Balaban J connectivity index is 1.42. The summed E-state index contributed by atoms with van der Waals surface area (Å²) in [5.41, 5.74) is 3.01. The molecule has 0 saturated carbocycles. The van der Waals surface area contributed by atoms with E-state index in [1.807, 2.05) is 29.7 Å². The molecule has 3 heterocycles. The largest absolute Gasteiger partial charge is 0.458 e. The molecule has 0 bridgehead atoms. The molecule has 26 heavy (non-hydrogen) atoms. The van der Waals surface area contributed by atoms with E-state index in [0.29, 0.717) is 16.8 Å². The molecule has 0 N–H and O–H groups in total. The lowest BCUT2D eigenvalue weighted by molar-refractivity contribution is -0.145. The van der Waals surface area contributed by atoms with Gasteiger partial charge in [0.25, 0.3) is 11.8 Å². The number of nitrogens with zero attached hydrogens (tertiary/aromatic N) is 3. The molecular weight excluding hydrogens is 334 g/mol. The quantitative estimate of drug-likeness (QED) is 0.531. The summed E-state index contributed by atoms with van der Waals surface area (Å²) in [6, 6.07) is 10.3. The first-order chi connectivity index (χ1) is 12.5. The first-order valence-electron chi connectivity index (χ1n) is 8.08. The van der Waals surface area contributed by atoms with Crippen molar-refractivity contribution >= 4 is 23.4 Å². The topological polar surface area (TPSA) is 81.0 Å². The number of hydrogen-bond acceptors (Lipinski definition) is 5. The van der Waals surface area contributed by atoms with Crippen molar-refractivity contribution in [1.82, 2.24) is 14.3 Å². The van der Waals surface area contributed by atoms with Crippen LogP contribution in [0.2, 0.25) is 0 Å². The first-order valence-corrected chi connectivity index (χ1v) is 8.08. The van der Waals surface area contributed by atoms with Gasteiger partial charge in [-0.1, -0.05) is 18.2 Å². The van der Waals surface area contributed by atoms with Crippen LogP contribution in [0.5, 0.6) is 0 Å². The molecule has 4 rings (SSSR count). The number of imide groups is 1. The molecule has 0 fully saturated rings. The summed E-state index contributed by atoms with van der Waals surface area (Å²) in [4.78, 5) is 41.9. The van der Waals surface area contributed by atoms with Crippen molar-refractivity contribution < 1.29 is 19.1 Å². The van der Waals surface area contributed by atoms with E-state index < -0.39 is 24.3 Å². The van der Waals surface area contributed by atoms with Gasteiger partial charge in [-0.3, -0.25) is 19.3 Å². The van der Waals surface area contributed by atoms with Crippen LogP contribution in [-0.2, 0) is 16.1 Å². The third-order valence-corrected chi connectivity index (χ3v) is 4.27. The molecule has 0 spiro atoms. The van der Waals surface area contributed by atoms with Gasteiger partial charge in [0.05, 0.1) is 16.8 Å². The molecule has 7 nitrogen and oxygen atoms in total. The summed E-state index contributed by atoms with van der Waals surface area (Å²) in [5.74, 6) is -1.62. The highest BCUT2D eigenvalue weighted by atomic mass is 16.5. The fourth-order valence-corrected chi connectivity index (χ4v) is 2.99. The van der Waals surface area contributed by atoms with Crippen LogP contribution in [0, 0.1) is 6.92 Å². The van der Waals surface area contributed by atoms with Gasteiger partial charge in [-0.05, 0) is 30.7 Å². The van der Waals surface area contributed by atoms with Gasteiger partial charge >= 0.3 is 5.97 Å². The summed E-state index contributed by atoms with van der Waals surface area (Å²) in [7, 11) is 0. The van der Waals surface area contributed by atoms with Gasteiger partial charge < -0.3 is 9.14 Å². The Kier molecular flexibility index (Phi) is 3.76. The molecule has 0 unspecified atom stereocenters. The summed E-state index contributed by atoms with van der Waals surface area (Å²) in [5, 5.41) is 0. The average molecular weight is 349 g/mol. The Hall–Kier alpha value is -3.48. The zero-order valence-electron chi connectivity index (χ0n) is 14.0. The minimum Gasteiger partial charge on any atom is -0.458 e. The Morgan fingerprint density at radius 3 is 2.42 bits per heavy atom.